The van der Waals surface area contributed by atoms with Crippen molar-refractivity contribution in [2.75, 3.05) is 11.9 Å². The van der Waals surface area contributed by atoms with Gasteiger partial charge < -0.3 is 16.0 Å². The fourth-order valence-corrected chi connectivity index (χ4v) is 4.28. The highest BCUT2D eigenvalue weighted by molar-refractivity contribution is 6.03. The van der Waals surface area contributed by atoms with E-state index >= 15 is 0 Å². The maximum absolute atomic E-state index is 13.3. The molecule has 4 N–H and O–H groups in total. The number of aromatic nitrogens is 3. The van der Waals surface area contributed by atoms with Gasteiger partial charge in [0.05, 0.1) is 17.8 Å². The van der Waals surface area contributed by atoms with E-state index in [1.807, 2.05) is 37.3 Å². The Balaban J connectivity index is 1.56. The van der Waals surface area contributed by atoms with Gasteiger partial charge in [0, 0.05) is 47.7 Å². The van der Waals surface area contributed by atoms with Gasteiger partial charge >= 0.3 is 0 Å². The van der Waals surface area contributed by atoms with E-state index < -0.39 is 5.91 Å². The summed E-state index contributed by atoms with van der Waals surface area (Å²) in [6.07, 6.45) is 3.50. The predicted molar refractivity (Wildman–Crippen MR) is 131 cm³/mol. The van der Waals surface area contributed by atoms with Crippen LogP contribution < -0.4 is 11.1 Å². The number of nitrogens with two attached hydrogens (primary N) is 1. The number of nitrogens with zero attached hydrogens (tertiary/aromatic N) is 3. The number of rotatable bonds is 7. The highest BCUT2D eigenvalue weighted by atomic mass is 16.2. The van der Waals surface area contributed by atoms with Crippen LogP contribution in [0.4, 0.5) is 5.69 Å². The van der Waals surface area contributed by atoms with Crippen LogP contribution in [0.5, 0.6) is 0 Å². The highest BCUT2D eigenvalue weighted by Gasteiger charge is 2.31. The van der Waals surface area contributed by atoms with Gasteiger partial charge in [-0.15, -0.1) is 0 Å². The van der Waals surface area contributed by atoms with E-state index in [-0.39, 0.29) is 18.0 Å². The van der Waals surface area contributed by atoms with Crippen LogP contribution in [0.15, 0.2) is 67.0 Å². The van der Waals surface area contributed by atoms with Crippen LogP contribution in [0, 0.1) is 6.92 Å². The van der Waals surface area contributed by atoms with Crippen molar-refractivity contribution < 1.29 is 9.59 Å². The van der Waals surface area contributed by atoms with Crippen molar-refractivity contribution in [2.45, 2.75) is 20.0 Å². The molecule has 8 heteroatoms. The van der Waals surface area contributed by atoms with Gasteiger partial charge in [0.25, 0.3) is 5.91 Å². The molecule has 34 heavy (non-hydrogen) atoms. The number of hydrogen-bond acceptors (Lipinski definition) is 5. The van der Waals surface area contributed by atoms with E-state index in [2.05, 4.69) is 39.2 Å². The summed E-state index contributed by atoms with van der Waals surface area (Å²) in [4.78, 5) is 30.5. The molecular weight excluding hydrogens is 428 g/mol. The second kappa shape index (κ2) is 8.47. The number of aromatic amines is 1. The monoisotopic (exact) mass is 452 g/mol. The number of pyridine rings is 1. The lowest BCUT2D eigenvalue weighted by atomic mass is 9.95. The Morgan fingerprint density at radius 3 is 2.71 bits per heavy atom. The topological polar surface area (TPSA) is 117 Å². The number of nitrogens with one attached hydrogen (secondary N) is 2. The summed E-state index contributed by atoms with van der Waals surface area (Å²) in [5.74, 6) is -0.753. The number of aryl methyl sites for hydroxylation is 1. The molecule has 4 aromatic rings. The molecule has 3 heterocycles. The van der Waals surface area contributed by atoms with Crippen LogP contribution >= 0.6 is 0 Å². The zero-order chi connectivity index (χ0) is 23.8. The molecule has 8 nitrogen and oxygen atoms in total. The molecule has 0 bridgehead atoms. The van der Waals surface area contributed by atoms with Gasteiger partial charge in [-0.2, -0.15) is 5.10 Å². The molecule has 0 radical (unpaired) electrons. The molecule has 2 amide bonds. The highest BCUT2D eigenvalue weighted by Crippen LogP contribution is 2.37. The van der Waals surface area contributed by atoms with Crippen LogP contribution in [0.2, 0.25) is 0 Å². The first-order valence-corrected chi connectivity index (χ1v) is 10.9. The van der Waals surface area contributed by atoms with Crippen molar-refractivity contribution in [1.29, 1.82) is 0 Å². The number of amides is 2. The van der Waals surface area contributed by atoms with Gasteiger partial charge in [0.15, 0.2) is 0 Å². The minimum Gasteiger partial charge on any atom is -0.381 e. The molecule has 2 aromatic carbocycles. The summed E-state index contributed by atoms with van der Waals surface area (Å²) < 4.78 is 0. The molecule has 0 unspecified atom stereocenters. The summed E-state index contributed by atoms with van der Waals surface area (Å²) in [6.45, 7) is 6.75. The van der Waals surface area contributed by atoms with Crippen molar-refractivity contribution in [3.63, 3.8) is 0 Å². The minimum atomic E-state index is -0.607. The second-order valence-electron chi connectivity index (χ2n) is 8.46. The molecule has 0 atom stereocenters. The molecule has 170 valence electrons. The summed E-state index contributed by atoms with van der Waals surface area (Å²) in [5, 5.41) is 11.8. The van der Waals surface area contributed by atoms with Crippen LogP contribution in [-0.2, 0) is 17.9 Å². The molecule has 0 aliphatic carbocycles. The first kappa shape index (κ1) is 21.4. The molecule has 1 aliphatic rings. The van der Waals surface area contributed by atoms with E-state index in [9.17, 15) is 9.59 Å². The Labute approximate surface area is 196 Å². The Bertz CT molecular complexity index is 1440. The number of hydrogen-bond donors (Lipinski definition) is 3. The fraction of sp³-hybridized carbons (Fsp3) is 0.154. The number of fused-ring (bicyclic) bond motifs is 2. The Morgan fingerprint density at radius 2 is 1.94 bits per heavy atom. The van der Waals surface area contributed by atoms with Gasteiger partial charge in [-0.3, -0.25) is 19.7 Å². The first-order chi connectivity index (χ1) is 16.4. The predicted octanol–water partition coefficient (Wildman–Crippen LogP) is 3.54. The average molecular weight is 453 g/mol. The van der Waals surface area contributed by atoms with Gasteiger partial charge in [0.1, 0.15) is 0 Å². The van der Waals surface area contributed by atoms with E-state index in [1.54, 1.807) is 17.3 Å². The minimum absolute atomic E-state index is 0.0991. The number of anilines is 1. The number of H-pyrrole nitrogens is 1. The first-order valence-electron chi connectivity index (χ1n) is 10.9. The van der Waals surface area contributed by atoms with Crippen molar-refractivity contribution in [2.24, 2.45) is 5.73 Å². The van der Waals surface area contributed by atoms with Crippen LogP contribution in [0.25, 0.3) is 22.0 Å². The van der Waals surface area contributed by atoms with Gasteiger partial charge in [-0.05, 0) is 65.6 Å². The quantitative estimate of drug-likeness (QED) is 0.371. The molecule has 0 saturated carbocycles. The van der Waals surface area contributed by atoms with Crippen molar-refractivity contribution in [3.05, 3.63) is 89.4 Å². The maximum atomic E-state index is 13.3. The Hall–Kier alpha value is -4.46. The van der Waals surface area contributed by atoms with Crippen LogP contribution in [-0.4, -0.2) is 38.4 Å². The zero-order valence-electron chi connectivity index (χ0n) is 18.8. The third kappa shape index (κ3) is 3.90. The zero-order valence-corrected chi connectivity index (χ0v) is 18.8. The van der Waals surface area contributed by atoms with Gasteiger partial charge in [-0.25, -0.2) is 0 Å². The number of carbonyl (C=O) groups excluding carboxylic acids is 2. The summed E-state index contributed by atoms with van der Waals surface area (Å²) >= 11 is 0. The summed E-state index contributed by atoms with van der Waals surface area (Å²) in [7, 11) is 0. The summed E-state index contributed by atoms with van der Waals surface area (Å²) in [5.41, 5.74) is 12.8. The molecule has 0 spiro atoms. The number of benzene rings is 2. The van der Waals surface area contributed by atoms with Crippen molar-refractivity contribution in [3.8, 4) is 11.1 Å². The second-order valence-corrected chi connectivity index (χ2v) is 8.46. The number of carbonyl (C=O) groups is 2. The van der Waals surface area contributed by atoms with Crippen LogP contribution in [0.1, 0.15) is 27.2 Å². The van der Waals surface area contributed by atoms with Crippen molar-refractivity contribution >= 4 is 28.4 Å². The lowest BCUT2D eigenvalue weighted by Gasteiger charge is -2.16. The third-order valence-corrected chi connectivity index (χ3v) is 6.16. The Kier molecular flexibility index (Phi) is 5.33. The SMILES string of the molecule is C=C(CN1Cc2c(cc(NCc3ccncc3)cc2-c2ccc3[nH]nc(C)c3c2)C1=O)C(N)=O. The molecule has 5 rings (SSSR count). The van der Waals surface area contributed by atoms with E-state index in [1.165, 1.54) is 0 Å². The lowest BCUT2D eigenvalue weighted by Crippen LogP contribution is -2.30. The molecule has 1 aliphatic heterocycles. The van der Waals surface area contributed by atoms with Crippen LogP contribution in [0.3, 0.4) is 0 Å². The third-order valence-electron chi connectivity index (χ3n) is 6.16. The molecular formula is C26H24N6O2. The largest absolute Gasteiger partial charge is 0.381 e. The lowest BCUT2D eigenvalue weighted by molar-refractivity contribution is -0.114. The van der Waals surface area contributed by atoms with E-state index in [0.29, 0.717) is 18.7 Å². The molecule has 2 aromatic heterocycles. The van der Waals surface area contributed by atoms with E-state index in [4.69, 9.17) is 5.73 Å². The van der Waals surface area contributed by atoms with Crippen molar-refractivity contribution in [1.82, 2.24) is 20.1 Å². The summed E-state index contributed by atoms with van der Waals surface area (Å²) in [6, 6.07) is 13.9. The number of primary amides is 1. The normalized spacial score (nSPS) is 12.7. The Morgan fingerprint density at radius 1 is 1.18 bits per heavy atom. The standard InChI is InChI=1S/C26H24N6O2/c1-15(25(27)33)13-32-14-23-21(18-3-4-24-20(9-18)16(2)30-31-24)10-19(11-22(23)26(32)34)29-12-17-5-7-28-8-6-17/h3-11,29H,1,12-14H2,2H3,(H2,27,33)(H,30,31). The fourth-order valence-electron chi connectivity index (χ4n) is 4.28. The smallest absolute Gasteiger partial charge is 0.254 e. The van der Waals surface area contributed by atoms with E-state index in [0.717, 1.165) is 44.5 Å². The van der Waals surface area contributed by atoms with Gasteiger partial charge in [0.2, 0.25) is 5.91 Å². The van der Waals surface area contributed by atoms with Gasteiger partial charge in [-0.1, -0.05) is 12.6 Å². The molecule has 0 fully saturated rings. The maximum Gasteiger partial charge on any atom is 0.254 e. The average Bonchev–Trinajstić information content (AvgIpc) is 3.37. The molecule has 0 saturated heterocycles.